The second-order valence-corrected chi connectivity index (χ2v) is 8.16. The number of hydrogen-bond acceptors (Lipinski definition) is 6. The lowest BCUT2D eigenvalue weighted by molar-refractivity contribution is -0.123. The van der Waals surface area contributed by atoms with Crippen LogP contribution in [0.2, 0.25) is 20.1 Å². The number of hydrazone groups is 1. The van der Waals surface area contributed by atoms with E-state index in [0.29, 0.717) is 15.6 Å². The molecule has 0 heterocycles. The lowest BCUT2D eigenvalue weighted by atomic mass is 10.2. The van der Waals surface area contributed by atoms with Gasteiger partial charge in [-0.15, -0.1) is 0 Å². The first-order valence-electron chi connectivity index (χ1n) is 9.52. The number of halogens is 4. The van der Waals surface area contributed by atoms with Crippen LogP contribution in [-0.2, 0) is 4.79 Å². The van der Waals surface area contributed by atoms with Crippen molar-refractivity contribution in [2.45, 2.75) is 0 Å². The third kappa shape index (κ3) is 6.77. The maximum absolute atomic E-state index is 12.4. The number of nitrogens with zero attached hydrogens (tertiary/aromatic N) is 1. The number of nitrogens with one attached hydrogen (secondary N) is 1. The van der Waals surface area contributed by atoms with E-state index in [-0.39, 0.29) is 39.5 Å². The molecular weight excluding hydrogens is 526 g/mol. The molecular formula is C23H16Cl4N2O5. The van der Waals surface area contributed by atoms with Gasteiger partial charge in [0, 0.05) is 0 Å². The zero-order chi connectivity index (χ0) is 24.7. The van der Waals surface area contributed by atoms with E-state index in [9.17, 15) is 9.59 Å². The molecule has 0 unspecified atom stereocenters. The third-order valence-corrected chi connectivity index (χ3v) is 5.76. The molecule has 0 fully saturated rings. The molecule has 0 atom stereocenters. The molecule has 0 bridgehead atoms. The molecule has 176 valence electrons. The van der Waals surface area contributed by atoms with Crippen LogP contribution in [0.25, 0.3) is 0 Å². The highest BCUT2D eigenvalue weighted by Crippen LogP contribution is 2.31. The summed E-state index contributed by atoms with van der Waals surface area (Å²) in [5.41, 5.74) is 3.13. The zero-order valence-electron chi connectivity index (χ0n) is 17.5. The number of methoxy groups -OCH3 is 1. The zero-order valence-corrected chi connectivity index (χ0v) is 20.5. The second kappa shape index (κ2) is 11.9. The number of amides is 1. The van der Waals surface area contributed by atoms with E-state index in [0.717, 1.165) is 0 Å². The second-order valence-electron chi connectivity index (χ2n) is 6.56. The van der Waals surface area contributed by atoms with Gasteiger partial charge < -0.3 is 14.2 Å². The Kier molecular flexibility index (Phi) is 9.01. The number of esters is 1. The Morgan fingerprint density at radius 1 is 0.912 bits per heavy atom. The molecule has 3 aromatic rings. The van der Waals surface area contributed by atoms with Gasteiger partial charge >= 0.3 is 5.97 Å². The number of carbonyl (C=O) groups is 2. The monoisotopic (exact) mass is 540 g/mol. The van der Waals surface area contributed by atoms with Crippen LogP contribution in [0.4, 0.5) is 0 Å². The number of ether oxygens (including phenoxy) is 3. The molecule has 0 radical (unpaired) electrons. The minimum Gasteiger partial charge on any atom is -0.493 e. The smallest absolute Gasteiger partial charge is 0.343 e. The molecule has 11 heteroatoms. The molecule has 7 nitrogen and oxygen atoms in total. The van der Waals surface area contributed by atoms with Crippen LogP contribution in [0.1, 0.15) is 15.9 Å². The van der Waals surface area contributed by atoms with Crippen molar-refractivity contribution in [3.05, 3.63) is 85.8 Å². The van der Waals surface area contributed by atoms with Crippen LogP contribution in [-0.4, -0.2) is 31.8 Å². The van der Waals surface area contributed by atoms with Crippen molar-refractivity contribution in [1.82, 2.24) is 5.43 Å². The van der Waals surface area contributed by atoms with E-state index in [1.807, 2.05) is 0 Å². The summed E-state index contributed by atoms with van der Waals surface area (Å²) in [6, 6.07) is 14.0. The summed E-state index contributed by atoms with van der Waals surface area (Å²) in [6.45, 7) is -0.315. The highest BCUT2D eigenvalue weighted by atomic mass is 35.5. The summed E-state index contributed by atoms with van der Waals surface area (Å²) in [4.78, 5) is 24.4. The Morgan fingerprint density at radius 3 is 2.44 bits per heavy atom. The normalized spacial score (nSPS) is 10.7. The summed E-state index contributed by atoms with van der Waals surface area (Å²) in [5, 5.41) is 4.96. The van der Waals surface area contributed by atoms with E-state index in [1.54, 1.807) is 30.3 Å². The van der Waals surface area contributed by atoms with E-state index in [1.165, 1.54) is 37.6 Å². The fraction of sp³-hybridized carbons (Fsp3) is 0.0870. The van der Waals surface area contributed by atoms with E-state index in [2.05, 4.69) is 10.5 Å². The molecule has 0 aliphatic heterocycles. The largest absolute Gasteiger partial charge is 0.493 e. The highest BCUT2D eigenvalue weighted by Gasteiger charge is 2.14. The first-order chi connectivity index (χ1) is 16.3. The predicted molar refractivity (Wildman–Crippen MR) is 132 cm³/mol. The van der Waals surface area contributed by atoms with Crippen molar-refractivity contribution in [2.24, 2.45) is 5.10 Å². The maximum atomic E-state index is 12.4. The molecule has 1 amide bonds. The van der Waals surface area contributed by atoms with Crippen molar-refractivity contribution in [1.29, 1.82) is 0 Å². The van der Waals surface area contributed by atoms with Crippen molar-refractivity contribution in [2.75, 3.05) is 13.7 Å². The van der Waals surface area contributed by atoms with E-state index >= 15 is 0 Å². The molecule has 3 aromatic carbocycles. The number of hydrogen-bond donors (Lipinski definition) is 1. The highest BCUT2D eigenvalue weighted by molar-refractivity contribution is 6.43. The van der Waals surface area contributed by atoms with Gasteiger partial charge in [0.05, 0.1) is 34.0 Å². The standard InChI is InChI=1S/C23H16Cl4N2O5/c1-32-20-9-13(5-8-18(20)34-23(31)14-6-7-15(24)17(26)10-14)11-28-29-21(30)12-33-19-4-2-3-16(25)22(19)27/h2-11H,12H2,1H3,(H,29,30). The van der Waals surface area contributed by atoms with Gasteiger partial charge in [-0.2, -0.15) is 5.10 Å². The molecule has 0 spiro atoms. The SMILES string of the molecule is COc1cc(C=NNC(=O)COc2cccc(Cl)c2Cl)ccc1OC(=O)c1ccc(Cl)c(Cl)c1. The van der Waals surface area contributed by atoms with E-state index in [4.69, 9.17) is 60.6 Å². The fourth-order valence-corrected chi connectivity index (χ4v) is 3.23. The lowest BCUT2D eigenvalue weighted by Gasteiger charge is -2.10. The fourth-order valence-electron chi connectivity index (χ4n) is 2.58. The minimum absolute atomic E-state index is 0.187. The Bertz CT molecular complexity index is 1250. The van der Waals surface area contributed by atoms with Crippen molar-refractivity contribution < 1.29 is 23.8 Å². The van der Waals surface area contributed by atoms with Crippen LogP contribution >= 0.6 is 46.4 Å². The van der Waals surface area contributed by atoms with Crippen LogP contribution < -0.4 is 19.6 Å². The summed E-state index contributed by atoms with van der Waals surface area (Å²) >= 11 is 23.7. The van der Waals surface area contributed by atoms with Gasteiger partial charge in [-0.05, 0) is 54.1 Å². The van der Waals surface area contributed by atoms with Gasteiger partial charge in [-0.25, -0.2) is 10.2 Å². The van der Waals surface area contributed by atoms with Gasteiger partial charge in [-0.1, -0.05) is 52.5 Å². The molecule has 0 saturated carbocycles. The van der Waals surface area contributed by atoms with Crippen molar-refractivity contribution >= 4 is 64.5 Å². The van der Waals surface area contributed by atoms with Crippen LogP contribution in [0.3, 0.4) is 0 Å². The quantitative estimate of drug-likeness (QED) is 0.162. The summed E-state index contributed by atoms with van der Waals surface area (Å²) < 4.78 is 16.0. The molecule has 0 aliphatic rings. The summed E-state index contributed by atoms with van der Waals surface area (Å²) in [5.74, 6) is -0.394. The average molecular weight is 542 g/mol. The van der Waals surface area contributed by atoms with Gasteiger partial charge in [0.1, 0.15) is 10.8 Å². The average Bonchev–Trinajstić information content (AvgIpc) is 2.82. The number of carbonyl (C=O) groups excluding carboxylic acids is 2. The topological polar surface area (TPSA) is 86.2 Å². The Balaban J connectivity index is 1.59. The maximum Gasteiger partial charge on any atom is 0.343 e. The number of rotatable bonds is 8. The predicted octanol–water partition coefficient (Wildman–Crippen LogP) is 6.06. The Hall–Kier alpha value is -2.97. The minimum atomic E-state index is -0.634. The first kappa shape index (κ1) is 25.6. The third-order valence-electron chi connectivity index (χ3n) is 4.22. The van der Waals surface area contributed by atoms with Crippen molar-refractivity contribution in [3.8, 4) is 17.2 Å². The molecule has 3 rings (SSSR count). The molecule has 0 aliphatic carbocycles. The Morgan fingerprint density at radius 2 is 1.71 bits per heavy atom. The van der Waals surface area contributed by atoms with Crippen LogP contribution in [0.5, 0.6) is 17.2 Å². The first-order valence-corrected chi connectivity index (χ1v) is 11.0. The van der Waals surface area contributed by atoms with Gasteiger partial charge in [-0.3, -0.25) is 4.79 Å². The van der Waals surface area contributed by atoms with Gasteiger partial charge in [0.15, 0.2) is 18.1 Å². The lowest BCUT2D eigenvalue weighted by Crippen LogP contribution is -2.24. The molecule has 1 N–H and O–H groups in total. The van der Waals surface area contributed by atoms with Gasteiger partial charge in [0.2, 0.25) is 0 Å². The summed E-state index contributed by atoms with van der Waals surface area (Å²) in [6.07, 6.45) is 1.39. The molecule has 0 aromatic heterocycles. The van der Waals surface area contributed by atoms with Crippen LogP contribution in [0, 0.1) is 0 Å². The van der Waals surface area contributed by atoms with E-state index < -0.39 is 11.9 Å². The van der Waals surface area contributed by atoms with Crippen LogP contribution in [0.15, 0.2) is 59.7 Å². The Labute approximate surface area is 215 Å². The van der Waals surface area contributed by atoms with Gasteiger partial charge in [0.25, 0.3) is 5.91 Å². The van der Waals surface area contributed by atoms with Crippen molar-refractivity contribution in [3.63, 3.8) is 0 Å². The number of benzene rings is 3. The summed E-state index contributed by atoms with van der Waals surface area (Å²) in [7, 11) is 1.42. The molecule has 0 saturated heterocycles. The molecule has 34 heavy (non-hydrogen) atoms.